The zero-order valence-electron chi connectivity index (χ0n) is 12.0. The van der Waals surface area contributed by atoms with Gasteiger partial charge >= 0.3 is 0 Å². The molecule has 4 heteroatoms. The van der Waals surface area contributed by atoms with Gasteiger partial charge in [-0.3, -0.25) is 4.79 Å². The Morgan fingerprint density at radius 3 is 3.05 bits per heavy atom. The standard InChI is InChI=1S/C17H17N3O/c1-8-9(2)14-11-3-4-12-15(19-20-18-12)13(11)16(21)17(14)6-5-10(8)7-17/h3-4,10,18-20H,1,5-7H2,2H3. The van der Waals surface area contributed by atoms with E-state index in [1.807, 2.05) is 6.07 Å². The van der Waals surface area contributed by atoms with Crippen LogP contribution in [0.15, 0.2) is 29.9 Å². The fourth-order valence-corrected chi connectivity index (χ4v) is 4.86. The quantitative estimate of drug-likeness (QED) is 0.682. The Labute approximate surface area is 123 Å². The summed E-state index contributed by atoms with van der Waals surface area (Å²) < 4.78 is 0. The van der Waals surface area contributed by atoms with Gasteiger partial charge in [-0.25, -0.2) is 0 Å². The Morgan fingerprint density at radius 2 is 2.19 bits per heavy atom. The third kappa shape index (κ3) is 1.11. The monoisotopic (exact) mass is 279 g/mol. The molecule has 0 amide bonds. The highest BCUT2D eigenvalue weighted by molar-refractivity contribution is 6.22. The number of rotatable bonds is 0. The number of nitrogens with one attached hydrogen (secondary N) is 3. The third-order valence-electron chi connectivity index (χ3n) is 5.86. The molecule has 4 aliphatic rings. The molecular formula is C17H17N3O. The van der Waals surface area contributed by atoms with Crippen molar-refractivity contribution in [2.75, 3.05) is 10.9 Å². The molecule has 0 aromatic heterocycles. The van der Waals surface area contributed by atoms with Crippen molar-refractivity contribution in [1.29, 1.82) is 0 Å². The van der Waals surface area contributed by atoms with Gasteiger partial charge in [-0.2, -0.15) is 0 Å². The highest BCUT2D eigenvalue weighted by atomic mass is 16.1. The van der Waals surface area contributed by atoms with Crippen molar-refractivity contribution in [2.24, 2.45) is 11.3 Å². The molecule has 1 spiro atoms. The summed E-state index contributed by atoms with van der Waals surface area (Å²) in [4.78, 5) is 13.3. The van der Waals surface area contributed by atoms with E-state index in [4.69, 9.17) is 0 Å². The number of fused-ring (bicyclic) bond motifs is 5. The number of allylic oxidation sites excluding steroid dienone is 3. The summed E-state index contributed by atoms with van der Waals surface area (Å²) in [6.07, 6.45) is 3.00. The van der Waals surface area contributed by atoms with Gasteiger partial charge in [-0.05, 0) is 60.5 Å². The van der Waals surface area contributed by atoms with E-state index in [2.05, 4.69) is 36.0 Å². The second-order valence-electron chi connectivity index (χ2n) is 6.66. The van der Waals surface area contributed by atoms with Gasteiger partial charge in [-0.1, -0.05) is 12.6 Å². The van der Waals surface area contributed by atoms with Crippen molar-refractivity contribution in [3.05, 3.63) is 41.0 Å². The first-order valence-corrected chi connectivity index (χ1v) is 7.53. The molecule has 1 fully saturated rings. The lowest BCUT2D eigenvalue weighted by Gasteiger charge is -2.32. The van der Waals surface area contributed by atoms with Crippen LogP contribution in [0.5, 0.6) is 0 Å². The highest BCUT2D eigenvalue weighted by Gasteiger charge is 2.58. The molecule has 4 nitrogen and oxygen atoms in total. The Kier molecular flexibility index (Phi) is 1.87. The molecule has 0 radical (unpaired) electrons. The van der Waals surface area contributed by atoms with Crippen molar-refractivity contribution in [3.63, 3.8) is 0 Å². The molecule has 1 aliphatic heterocycles. The maximum absolute atomic E-state index is 13.3. The van der Waals surface area contributed by atoms with E-state index >= 15 is 0 Å². The van der Waals surface area contributed by atoms with Gasteiger partial charge in [0.15, 0.2) is 5.78 Å². The summed E-state index contributed by atoms with van der Waals surface area (Å²) in [6, 6.07) is 4.13. The van der Waals surface area contributed by atoms with E-state index in [9.17, 15) is 4.79 Å². The molecule has 2 unspecified atom stereocenters. The second-order valence-corrected chi connectivity index (χ2v) is 6.66. The first-order valence-electron chi connectivity index (χ1n) is 7.53. The molecule has 3 N–H and O–H groups in total. The normalized spacial score (nSPS) is 31.8. The summed E-state index contributed by atoms with van der Waals surface area (Å²) in [7, 11) is 0. The summed E-state index contributed by atoms with van der Waals surface area (Å²) in [5.74, 6) is 0.793. The number of ketones is 1. The molecule has 1 aromatic carbocycles. The Hall–Kier alpha value is -2.07. The molecule has 3 aliphatic carbocycles. The number of carbonyl (C=O) groups excluding carboxylic acids is 1. The van der Waals surface area contributed by atoms with Crippen molar-refractivity contribution < 1.29 is 4.79 Å². The highest BCUT2D eigenvalue weighted by Crippen LogP contribution is 2.65. The summed E-state index contributed by atoms with van der Waals surface area (Å²) in [5.41, 5.74) is 16.3. The molecular weight excluding hydrogens is 262 g/mol. The van der Waals surface area contributed by atoms with Gasteiger partial charge in [0.05, 0.1) is 22.4 Å². The van der Waals surface area contributed by atoms with Crippen LogP contribution in [0.1, 0.15) is 42.1 Å². The van der Waals surface area contributed by atoms with Crippen LogP contribution in [0.2, 0.25) is 0 Å². The maximum atomic E-state index is 13.3. The number of hydrogen-bond acceptors (Lipinski definition) is 4. The van der Waals surface area contributed by atoms with E-state index < -0.39 is 0 Å². The van der Waals surface area contributed by atoms with Crippen LogP contribution in [0.4, 0.5) is 11.4 Å². The number of carbonyl (C=O) groups is 1. The third-order valence-corrected chi connectivity index (χ3v) is 5.86. The lowest BCUT2D eigenvalue weighted by atomic mass is 9.70. The zero-order valence-corrected chi connectivity index (χ0v) is 12.0. The summed E-state index contributed by atoms with van der Waals surface area (Å²) >= 11 is 0. The van der Waals surface area contributed by atoms with Crippen molar-refractivity contribution in [3.8, 4) is 0 Å². The molecule has 21 heavy (non-hydrogen) atoms. The average Bonchev–Trinajstić information content (AvgIpc) is 3.15. The van der Waals surface area contributed by atoms with Crippen molar-refractivity contribution >= 4 is 22.7 Å². The minimum Gasteiger partial charge on any atom is -0.302 e. The van der Waals surface area contributed by atoms with E-state index in [1.54, 1.807) is 0 Å². The van der Waals surface area contributed by atoms with Gasteiger partial charge in [0.1, 0.15) is 0 Å². The minimum atomic E-state index is -0.280. The van der Waals surface area contributed by atoms with Gasteiger partial charge in [-0.15, -0.1) is 5.53 Å². The van der Waals surface area contributed by atoms with Crippen molar-refractivity contribution in [1.82, 2.24) is 5.53 Å². The number of anilines is 2. The minimum absolute atomic E-state index is 0.280. The Morgan fingerprint density at radius 1 is 1.33 bits per heavy atom. The van der Waals surface area contributed by atoms with E-state index in [1.165, 1.54) is 16.7 Å². The Balaban J connectivity index is 1.88. The van der Waals surface area contributed by atoms with Gasteiger partial charge in [0.2, 0.25) is 0 Å². The zero-order chi connectivity index (χ0) is 14.4. The van der Waals surface area contributed by atoms with E-state index in [-0.39, 0.29) is 5.41 Å². The van der Waals surface area contributed by atoms with Gasteiger partial charge < -0.3 is 10.9 Å². The number of benzene rings is 1. The van der Waals surface area contributed by atoms with Crippen molar-refractivity contribution in [2.45, 2.75) is 26.2 Å². The molecule has 106 valence electrons. The number of hydrogen-bond donors (Lipinski definition) is 3. The van der Waals surface area contributed by atoms with Gasteiger partial charge in [0.25, 0.3) is 0 Å². The van der Waals surface area contributed by atoms with Crippen LogP contribution in [0.25, 0.3) is 5.57 Å². The predicted molar refractivity (Wildman–Crippen MR) is 82.7 cm³/mol. The van der Waals surface area contributed by atoms with E-state index in [0.29, 0.717) is 11.7 Å². The van der Waals surface area contributed by atoms with Crippen LogP contribution in [0.3, 0.4) is 0 Å². The average molecular weight is 279 g/mol. The predicted octanol–water partition coefficient (Wildman–Crippen LogP) is 3.27. The molecule has 5 rings (SSSR count). The van der Waals surface area contributed by atoms with Crippen LogP contribution in [0, 0.1) is 11.3 Å². The lowest BCUT2D eigenvalue weighted by Crippen LogP contribution is -2.28. The summed E-state index contributed by atoms with van der Waals surface area (Å²) in [5, 5.41) is 0. The topological polar surface area (TPSA) is 53.2 Å². The van der Waals surface area contributed by atoms with Crippen LogP contribution in [-0.2, 0) is 0 Å². The number of Topliss-reactive ketones (excluding diaryl/α,β-unsaturated/α-hetero) is 1. The maximum Gasteiger partial charge on any atom is 0.176 e. The summed E-state index contributed by atoms with van der Waals surface area (Å²) in [6.45, 7) is 6.43. The molecule has 2 bridgehead atoms. The van der Waals surface area contributed by atoms with Gasteiger partial charge in [0, 0.05) is 0 Å². The van der Waals surface area contributed by atoms with Crippen LogP contribution in [-0.4, -0.2) is 5.78 Å². The largest absolute Gasteiger partial charge is 0.302 e. The Bertz CT molecular complexity index is 776. The van der Waals surface area contributed by atoms with Crippen LogP contribution >= 0.6 is 0 Å². The molecule has 1 aromatic rings. The van der Waals surface area contributed by atoms with E-state index in [0.717, 1.165) is 41.8 Å². The molecule has 2 atom stereocenters. The smallest absolute Gasteiger partial charge is 0.176 e. The lowest BCUT2D eigenvalue weighted by molar-refractivity contribution is 0.0876. The first-order chi connectivity index (χ1) is 10.1. The molecule has 1 saturated carbocycles. The second kappa shape index (κ2) is 3.39. The molecule has 0 saturated heterocycles. The fourth-order valence-electron chi connectivity index (χ4n) is 4.86. The van der Waals surface area contributed by atoms with Crippen LogP contribution < -0.4 is 16.4 Å². The number of hydrazine groups is 2. The first kappa shape index (κ1) is 11.6. The molecule has 1 heterocycles. The fraction of sp³-hybridized carbons (Fsp3) is 0.353. The SMILES string of the molecule is C=C1C(C)=C2c3ccc4c(c3C(=O)C23CCC1C3)NNN4.